The molecule has 2 amide bonds. The lowest BCUT2D eigenvalue weighted by molar-refractivity contribution is -0.123. The van der Waals surface area contributed by atoms with Gasteiger partial charge in [0.25, 0.3) is 5.91 Å². The van der Waals surface area contributed by atoms with Crippen LogP contribution in [-0.2, 0) is 11.2 Å². The number of nitrogens with one attached hydrogen (secondary N) is 2. The van der Waals surface area contributed by atoms with E-state index in [0.717, 1.165) is 16.9 Å². The summed E-state index contributed by atoms with van der Waals surface area (Å²) in [4.78, 5) is 26.7. The molecule has 0 aliphatic carbocycles. The molecule has 152 valence electrons. The summed E-state index contributed by atoms with van der Waals surface area (Å²) in [7, 11) is 0. The third-order valence-corrected chi connectivity index (χ3v) is 6.36. The lowest BCUT2D eigenvalue weighted by Gasteiger charge is -2.21. The normalized spacial score (nSPS) is 13.1. The van der Waals surface area contributed by atoms with Crippen molar-refractivity contribution < 1.29 is 9.59 Å². The summed E-state index contributed by atoms with van der Waals surface area (Å²) >= 11 is 2.96. The van der Waals surface area contributed by atoms with Gasteiger partial charge in [-0.15, -0.1) is 22.7 Å². The van der Waals surface area contributed by atoms with Gasteiger partial charge in [-0.3, -0.25) is 9.59 Å². The molecule has 6 heteroatoms. The van der Waals surface area contributed by atoms with E-state index in [0.29, 0.717) is 10.8 Å². The third-order valence-electron chi connectivity index (χ3n) is 4.56. The molecule has 0 saturated carbocycles. The van der Waals surface area contributed by atoms with Crippen LogP contribution in [0.4, 0.5) is 0 Å². The fourth-order valence-electron chi connectivity index (χ4n) is 3.10. The number of hydrogen-bond acceptors (Lipinski definition) is 4. The van der Waals surface area contributed by atoms with Crippen LogP contribution >= 0.6 is 22.7 Å². The maximum absolute atomic E-state index is 12.8. The third kappa shape index (κ3) is 5.78. The molecule has 2 atom stereocenters. The van der Waals surface area contributed by atoms with Gasteiger partial charge in [-0.1, -0.05) is 50.2 Å². The minimum Gasteiger partial charge on any atom is -0.343 e. The summed E-state index contributed by atoms with van der Waals surface area (Å²) in [6.07, 6.45) is 1.03. The van der Waals surface area contributed by atoms with E-state index in [4.69, 9.17) is 0 Å². The minimum atomic E-state index is -0.632. The molecule has 29 heavy (non-hydrogen) atoms. The van der Waals surface area contributed by atoms with Gasteiger partial charge in [0.2, 0.25) is 5.91 Å². The van der Waals surface area contributed by atoms with Gasteiger partial charge in [-0.2, -0.15) is 0 Å². The summed E-state index contributed by atoms with van der Waals surface area (Å²) in [5, 5.41) is 9.73. The van der Waals surface area contributed by atoms with Gasteiger partial charge in [-0.05, 0) is 53.3 Å². The molecule has 0 aliphatic rings. The largest absolute Gasteiger partial charge is 0.343 e. The van der Waals surface area contributed by atoms with E-state index in [1.165, 1.54) is 16.9 Å². The quantitative estimate of drug-likeness (QED) is 0.531. The summed E-state index contributed by atoms with van der Waals surface area (Å²) in [5.74, 6) is 0.161. The smallest absolute Gasteiger partial charge is 0.261 e. The second-order valence-corrected chi connectivity index (χ2v) is 9.40. The summed E-state index contributed by atoms with van der Waals surface area (Å²) < 4.78 is 0. The predicted octanol–water partition coefficient (Wildman–Crippen LogP) is 5.03. The molecule has 2 heterocycles. The number of carbonyl (C=O) groups excluding carboxylic acids is 2. The van der Waals surface area contributed by atoms with Crippen molar-refractivity contribution in [3.05, 3.63) is 80.2 Å². The molecule has 0 radical (unpaired) electrons. The van der Waals surface area contributed by atoms with E-state index in [1.54, 1.807) is 24.3 Å². The topological polar surface area (TPSA) is 58.2 Å². The molecular weight excluding hydrogens is 400 g/mol. The summed E-state index contributed by atoms with van der Waals surface area (Å²) in [6, 6.07) is 15.1. The second-order valence-electron chi connectivity index (χ2n) is 7.47. The fraction of sp³-hybridized carbons (Fsp3) is 0.304. The highest BCUT2D eigenvalue weighted by molar-refractivity contribution is 7.12. The molecule has 0 saturated heterocycles. The molecule has 0 fully saturated rings. The van der Waals surface area contributed by atoms with Crippen LogP contribution in [0, 0.1) is 5.92 Å². The van der Waals surface area contributed by atoms with Crippen molar-refractivity contribution in [3.63, 3.8) is 0 Å². The van der Waals surface area contributed by atoms with Crippen molar-refractivity contribution in [1.82, 2.24) is 10.6 Å². The highest BCUT2D eigenvalue weighted by Gasteiger charge is 2.23. The first-order valence-electron chi connectivity index (χ1n) is 9.71. The monoisotopic (exact) mass is 426 g/mol. The van der Waals surface area contributed by atoms with Gasteiger partial charge in [0.1, 0.15) is 6.04 Å². The zero-order chi connectivity index (χ0) is 20.8. The highest BCUT2D eigenvalue weighted by atomic mass is 32.1. The van der Waals surface area contributed by atoms with E-state index in [1.807, 2.05) is 29.0 Å². The minimum absolute atomic E-state index is 0.209. The summed E-state index contributed by atoms with van der Waals surface area (Å²) in [5.41, 5.74) is 2.32. The van der Waals surface area contributed by atoms with Gasteiger partial charge in [0, 0.05) is 4.88 Å². The first kappa shape index (κ1) is 21.3. The van der Waals surface area contributed by atoms with E-state index >= 15 is 0 Å². The molecule has 2 N–H and O–H groups in total. The van der Waals surface area contributed by atoms with Crippen molar-refractivity contribution >= 4 is 34.5 Å². The molecule has 3 rings (SSSR count). The molecule has 4 nitrogen and oxygen atoms in total. The Morgan fingerprint density at radius 2 is 1.59 bits per heavy atom. The molecule has 0 spiro atoms. The van der Waals surface area contributed by atoms with Gasteiger partial charge in [0.05, 0.1) is 10.9 Å². The lowest BCUT2D eigenvalue weighted by Crippen LogP contribution is -2.45. The van der Waals surface area contributed by atoms with Gasteiger partial charge in [0.15, 0.2) is 0 Å². The Balaban J connectivity index is 1.72. The average molecular weight is 427 g/mol. The number of amides is 2. The standard InChI is InChI=1S/C23H26N2O2S2/c1-15(2)14-17-8-10-18(11-9-17)21(19-6-4-12-28-19)25-22(26)16(3)24-23(27)20-7-5-13-29-20/h4-13,15-16,21H,14H2,1-3H3,(H,24,27)(H,25,26). The number of carbonyl (C=O) groups is 2. The SMILES string of the molecule is CC(C)Cc1ccc(C(NC(=O)C(C)NC(=O)c2cccs2)c2cccs2)cc1. The lowest BCUT2D eigenvalue weighted by atomic mass is 9.98. The van der Waals surface area contributed by atoms with Crippen LogP contribution in [0.25, 0.3) is 0 Å². The van der Waals surface area contributed by atoms with Crippen molar-refractivity contribution in [2.75, 3.05) is 0 Å². The molecule has 1 aromatic carbocycles. The molecular formula is C23H26N2O2S2. The van der Waals surface area contributed by atoms with Crippen LogP contribution in [0.15, 0.2) is 59.3 Å². The number of rotatable bonds is 8. The Hall–Kier alpha value is -2.44. The Morgan fingerprint density at radius 3 is 2.17 bits per heavy atom. The van der Waals surface area contributed by atoms with Crippen molar-refractivity contribution in [3.8, 4) is 0 Å². The van der Waals surface area contributed by atoms with Crippen molar-refractivity contribution in [1.29, 1.82) is 0 Å². The first-order chi connectivity index (χ1) is 13.9. The molecule has 0 aliphatic heterocycles. The maximum atomic E-state index is 12.8. The van der Waals surface area contributed by atoms with Gasteiger partial charge in [-0.25, -0.2) is 0 Å². The van der Waals surface area contributed by atoms with Crippen LogP contribution < -0.4 is 10.6 Å². The fourth-order valence-corrected chi connectivity index (χ4v) is 4.53. The van der Waals surface area contributed by atoms with Crippen LogP contribution in [0.3, 0.4) is 0 Å². The number of thiophene rings is 2. The maximum Gasteiger partial charge on any atom is 0.261 e. The number of hydrogen-bond donors (Lipinski definition) is 2. The van der Waals surface area contributed by atoms with Crippen LogP contribution in [-0.4, -0.2) is 17.9 Å². The zero-order valence-electron chi connectivity index (χ0n) is 16.8. The van der Waals surface area contributed by atoms with Crippen LogP contribution in [0.1, 0.15) is 52.5 Å². The Bertz CT molecular complexity index is 916. The van der Waals surface area contributed by atoms with E-state index < -0.39 is 6.04 Å². The highest BCUT2D eigenvalue weighted by Crippen LogP contribution is 2.27. The van der Waals surface area contributed by atoms with E-state index in [-0.39, 0.29) is 17.9 Å². The Labute approximate surface area is 180 Å². The predicted molar refractivity (Wildman–Crippen MR) is 121 cm³/mol. The van der Waals surface area contributed by atoms with Gasteiger partial charge >= 0.3 is 0 Å². The molecule has 0 bridgehead atoms. The second kappa shape index (κ2) is 9.85. The first-order valence-corrected chi connectivity index (χ1v) is 11.5. The van der Waals surface area contributed by atoms with Crippen LogP contribution in [0.2, 0.25) is 0 Å². The Morgan fingerprint density at radius 1 is 0.897 bits per heavy atom. The average Bonchev–Trinajstić information content (AvgIpc) is 3.40. The number of benzene rings is 1. The van der Waals surface area contributed by atoms with Gasteiger partial charge < -0.3 is 10.6 Å². The Kier molecular flexibility index (Phi) is 7.23. The molecule has 2 unspecified atom stereocenters. The molecule has 2 aromatic heterocycles. The summed E-state index contributed by atoms with van der Waals surface area (Å²) in [6.45, 7) is 6.11. The van der Waals surface area contributed by atoms with Crippen LogP contribution in [0.5, 0.6) is 0 Å². The van der Waals surface area contributed by atoms with Crippen molar-refractivity contribution in [2.45, 2.75) is 39.3 Å². The van der Waals surface area contributed by atoms with E-state index in [2.05, 4.69) is 48.7 Å². The molecule has 3 aromatic rings. The zero-order valence-corrected chi connectivity index (χ0v) is 18.5. The van der Waals surface area contributed by atoms with E-state index in [9.17, 15) is 9.59 Å². The van der Waals surface area contributed by atoms with Crippen molar-refractivity contribution in [2.24, 2.45) is 5.92 Å².